The molecule has 1 aromatic heterocycles. The van der Waals surface area contributed by atoms with Crippen molar-refractivity contribution >= 4 is 18.1 Å². The third-order valence-electron chi connectivity index (χ3n) is 3.59. The first-order chi connectivity index (χ1) is 12.5. The monoisotopic (exact) mass is 349 g/mol. The van der Waals surface area contributed by atoms with Gasteiger partial charge in [-0.1, -0.05) is 12.2 Å². The van der Waals surface area contributed by atoms with Gasteiger partial charge in [0.15, 0.2) is 0 Å². The largest absolute Gasteiger partial charge is 0.496 e. The Bertz CT molecular complexity index is 925. The summed E-state index contributed by atoms with van der Waals surface area (Å²) in [6, 6.07) is 9.17. The summed E-state index contributed by atoms with van der Waals surface area (Å²) >= 11 is 0. The number of nitrogens with zero attached hydrogens (tertiary/aromatic N) is 2. The lowest BCUT2D eigenvalue weighted by atomic mass is 10.00. The lowest BCUT2D eigenvalue weighted by Crippen LogP contribution is -2.05. The number of nitriles is 1. The number of aromatic nitrogens is 1. The van der Waals surface area contributed by atoms with Gasteiger partial charge in [0.05, 0.1) is 19.9 Å². The molecule has 0 saturated heterocycles. The molecule has 0 bridgehead atoms. The number of carbonyl (C=O) groups is 1. The second kappa shape index (κ2) is 8.49. The van der Waals surface area contributed by atoms with Crippen molar-refractivity contribution in [3.63, 3.8) is 0 Å². The van der Waals surface area contributed by atoms with Crippen LogP contribution in [-0.4, -0.2) is 25.1 Å². The molecule has 0 fully saturated rings. The zero-order valence-corrected chi connectivity index (χ0v) is 14.8. The number of rotatable bonds is 6. The first-order valence-corrected chi connectivity index (χ1v) is 7.81. The molecule has 132 valence electrons. The Kier molecular flexibility index (Phi) is 6.12. The molecule has 0 saturated carbocycles. The Morgan fingerprint density at radius 2 is 1.88 bits per heavy atom. The van der Waals surface area contributed by atoms with Gasteiger partial charge in [-0.05, 0) is 37.3 Å². The number of amides is 1. The molecule has 2 aromatic rings. The predicted molar refractivity (Wildman–Crippen MR) is 100 cm³/mol. The molecule has 0 atom stereocenters. The molecule has 6 heteroatoms. The molecule has 1 amide bonds. The number of hydrogen-bond donors (Lipinski definition) is 1. The first kappa shape index (κ1) is 18.7. The molecule has 0 aliphatic rings. The highest BCUT2D eigenvalue weighted by Gasteiger charge is 2.13. The normalized spacial score (nSPS) is 10.8. The molecule has 1 heterocycles. The highest BCUT2D eigenvalue weighted by molar-refractivity contribution is 5.91. The number of methoxy groups -OCH3 is 2. The van der Waals surface area contributed by atoms with Crippen molar-refractivity contribution in [2.75, 3.05) is 14.2 Å². The Morgan fingerprint density at radius 1 is 1.19 bits per heavy atom. The van der Waals surface area contributed by atoms with Crippen LogP contribution >= 0.6 is 0 Å². The van der Waals surface area contributed by atoms with Gasteiger partial charge in [-0.3, -0.25) is 4.79 Å². The first-order valence-electron chi connectivity index (χ1n) is 7.81. The molecular weight excluding hydrogens is 330 g/mol. The van der Waals surface area contributed by atoms with Gasteiger partial charge >= 0.3 is 0 Å². The minimum Gasteiger partial charge on any atom is -0.496 e. The quantitative estimate of drug-likeness (QED) is 0.808. The van der Waals surface area contributed by atoms with Crippen LogP contribution in [0.1, 0.15) is 23.6 Å². The number of ether oxygens (including phenoxy) is 2. The van der Waals surface area contributed by atoms with E-state index in [1.165, 1.54) is 13.2 Å². The maximum absolute atomic E-state index is 11.1. The van der Waals surface area contributed by atoms with E-state index in [-0.39, 0.29) is 5.88 Å². The number of carbonyl (C=O) groups excluding carboxylic acids is 1. The topological polar surface area (TPSA) is 98.2 Å². The van der Waals surface area contributed by atoms with Gasteiger partial charge in [-0.2, -0.15) is 5.26 Å². The fraction of sp³-hybridized carbons (Fsp3) is 0.150. The summed E-state index contributed by atoms with van der Waals surface area (Å²) in [5, 5.41) is 9.11. The summed E-state index contributed by atoms with van der Waals surface area (Å²) < 4.78 is 10.7. The van der Waals surface area contributed by atoms with E-state index in [1.807, 2.05) is 37.3 Å². The predicted octanol–water partition coefficient (Wildman–Crippen LogP) is 3.17. The van der Waals surface area contributed by atoms with Crippen LogP contribution in [0.5, 0.6) is 11.6 Å². The number of pyridine rings is 1. The van der Waals surface area contributed by atoms with E-state index in [2.05, 4.69) is 4.98 Å². The molecule has 0 spiro atoms. The van der Waals surface area contributed by atoms with Crippen LogP contribution in [0.15, 0.2) is 36.4 Å². The van der Waals surface area contributed by atoms with E-state index in [4.69, 9.17) is 20.5 Å². The van der Waals surface area contributed by atoms with Crippen molar-refractivity contribution in [1.29, 1.82) is 5.26 Å². The second-order valence-corrected chi connectivity index (χ2v) is 5.29. The van der Waals surface area contributed by atoms with Crippen LogP contribution in [0.3, 0.4) is 0 Å². The smallest absolute Gasteiger partial charge is 0.241 e. The van der Waals surface area contributed by atoms with E-state index in [9.17, 15) is 4.79 Å². The average molecular weight is 349 g/mol. The number of primary amides is 1. The molecule has 0 aliphatic carbocycles. The van der Waals surface area contributed by atoms with E-state index >= 15 is 0 Å². The zero-order chi connectivity index (χ0) is 19.1. The van der Waals surface area contributed by atoms with Crippen LogP contribution in [0.4, 0.5) is 0 Å². The molecule has 0 aliphatic heterocycles. The Balaban J connectivity index is 2.69. The van der Waals surface area contributed by atoms with Crippen molar-refractivity contribution in [3.05, 3.63) is 53.1 Å². The van der Waals surface area contributed by atoms with Crippen LogP contribution in [0, 0.1) is 11.3 Å². The highest BCUT2D eigenvalue weighted by atomic mass is 16.5. The van der Waals surface area contributed by atoms with Crippen molar-refractivity contribution in [1.82, 2.24) is 4.98 Å². The third kappa shape index (κ3) is 4.08. The van der Waals surface area contributed by atoms with Crippen LogP contribution in [0.25, 0.3) is 23.4 Å². The van der Waals surface area contributed by atoms with Crippen molar-refractivity contribution in [2.45, 2.75) is 6.92 Å². The van der Waals surface area contributed by atoms with Crippen LogP contribution in [-0.2, 0) is 4.79 Å². The summed E-state index contributed by atoms with van der Waals surface area (Å²) in [6.07, 6.45) is 6.65. The van der Waals surface area contributed by atoms with E-state index in [0.29, 0.717) is 22.6 Å². The Labute approximate surface area is 152 Å². The van der Waals surface area contributed by atoms with Gasteiger partial charge in [0.25, 0.3) is 0 Å². The zero-order valence-electron chi connectivity index (χ0n) is 14.8. The number of nitrogens with two attached hydrogens (primary N) is 1. The maximum atomic E-state index is 11.1. The van der Waals surface area contributed by atoms with E-state index < -0.39 is 5.91 Å². The number of benzene rings is 1. The molecule has 6 nitrogen and oxygen atoms in total. The molecule has 2 rings (SSSR count). The minimum atomic E-state index is -0.553. The van der Waals surface area contributed by atoms with Crippen LogP contribution < -0.4 is 15.2 Å². The average Bonchev–Trinajstić information content (AvgIpc) is 2.65. The highest BCUT2D eigenvalue weighted by Crippen LogP contribution is 2.33. The third-order valence-corrected chi connectivity index (χ3v) is 3.59. The van der Waals surface area contributed by atoms with E-state index in [1.54, 1.807) is 25.3 Å². The van der Waals surface area contributed by atoms with Crippen molar-refractivity contribution in [2.24, 2.45) is 5.73 Å². The van der Waals surface area contributed by atoms with Gasteiger partial charge < -0.3 is 15.2 Å². The molecule has 0 unspecified atom stereocenters. The maximum Gasteiger partial charge on any atom is 0.241 e. The molecule has 2 N–H and O–H groups in total. The molecule has 0 radical (unpaired) electrons. The summed E-state index contributed by atoms with van der Waals surface area (Å²) in [4.78, 5) is 15.5. The standard InChI is InChI=1S/C20H19N3O3/c1-4-5-13-10-16(11-14(19(13)25-2)7-9-18(22)24)17-8-6-15(12-21)20(23-17)26-3/h4-11H,1-3H3,(H2,22,24)/b5-4+,9-7+. The van der Waals surface area contributed by atoms with Gasteiger partial charge in [0, 0.05) is 22.8 Å². The van der Waals surface area contributed by atoms with Gasteiger partial charge in [0.1, 0.15) is 17.4 Å². The number of hydrogen-bond acceptors (Lipinski definition) is 5. The number of allylic oxidation sites excluding steroid dienone is 1. The lowest BCUT2D eigenvalue weighted by Gasteiger charge is -2.13. The summed E-state index contributed by atoms with van der Waals surface area (Å²) in [7, 11) is 3.03. The van der Waals surface area contributed by atoms with Gasteiger partial charge in [0.2, 0.25) is 11.8 Å². The molecular formula is C20H19N3O3. The van der Waals surface area contributed by atoms with E-state index in [0.717, 1.165) is 11.1 Å². The second-order valence-electron chi connectivity index (χ2n) is 5.29. The van der Waals surface area contributed by atoms with Gasteiger partial charge in [-0.25, -0.2) is 4.98 Å². The Hall–Kier alpha value is -3.59. The molecule has 26 heavy (non-hydrogen) atoms. The fourth-order valence-corrected chi connectivity index (χ4v) is 2.50. The Morgan fingerprint density at radius 3 is 2.42 bits per heavy atom. The summed E-state index contributed by atoms with van der Waals surface area (Å²) in [6.45, 7) is 1.90. The van der Waals surface area contributed by atoms with Crippen molar-refractivity contribution in [3.8, 4) is 29.0 Å². The van der Waals surface area contributed by atoms with Crippen molar-refractivity contribution < 1.29 is 14.3 Å². The SMILES string of the molecule is C/C=C/c1cc(-c2ccc(C#N)c(OC)n2)cc(/C=C/C(N)=O)c1OC. The lowest BCUT2D eigenvalue weighted by molar-refractivity contribution is -0.113. The minimum absolute atomic E-state index is 0.252. The molecule has 1 aromatic carbocycles. The van der Waals surface area contributed by atoms with Crippen LogP contribution in [0.2, 0.25) is 0 Å². The summed E-state index contributed by atoms with van der Waals surface area (Å²) in [5.74, 6) is 0.316. The summed E-state index contributed by atoms with van der Waals surface area (Å²) in [5.41, 5.74) is 8.48. The van der Waals surface area contributed by atoms with Gasteiger partial charge in [-0.15, -0.1) is 0 Å². The fourth-order valence-electron chi connectivity index (χ4n) is 2.50.